The minimum Gasteiger partial charge on any atom is -0.352 e. The summed E-state index contributed by atoms with van der Waals surface area (Å²) in [5, 5.41) is 5.36. The molecule has 2 N–H and O–H groups in total. The minimum atomic E-state index is -0.574. The number of amides is 2. The fourth-order valence-electron chi connectivity index (χ4n) is 1.89. The Balaban J connectivity index is 2.04. The molecule has 0 aliphatic carbocycles. The van der Waals surface area contributed by atoms with E-state index in [4.69, 9.17) is 0 Å². The molecule has 0 aliphatic heterocycles. The largest absolute Gasteiger partial charge is 0.352 e. The van der Waals surface area contributed by atoms with Gasteiger partial charge in [0, 0.05) is 17.8 Å². The third-order valence-corrected chi connectivity index (χ3v) is 3.06. The van der Waals surface area contributed by atoms with Gasteiger partial charge in [-0.1, -0.05) is 19.1 Å². The first kappa shape index (κ1) is 15.7. The lowest BCUT2D eigenvalue weighted by Crippen LogP contribution is -2.23. The van der Waals surface area contributed by atoms with E-state index in [2.05, 4.69) is 10.6 Å². The van der Waals surface area contributed by atoms with Crippen LogP contribution >= 0.6 is 0 Å². The summed E-state index contributed by atoms with van der Waals surface area (Å²) in [7, 11) is 0. The standard InChI is InChI=1S/C17H17FN2O2/c1-2-11-19-16(21)12-7-9-13(10-8-12)20-17(22)14-5-3-4-6-15(14)18/h3-10H,2,11H2,1H3,(H,19,21)(H,20,22). The highest BCUT2D eigenvalue weighted by molar-refractivity contribution is 6.04. The van der Waals surface area contributed by atoms with Crippen molar-refractivity contribution in [2.24, 2.45) is 0 Å². The van der Waals surface area contributed by atoms with Crippen LogP contribution in [0.15, 0.2) is 48.5 Å². The SMILES string of the molecule is CCCNC(=O)c1ccc(NC(=O)c2ccccc2F)cc1. The zero-order valence-corrected chi connectivity index (χ0v) is 12.2. The summed E-state index contributed by atoms with van der Waals surface area (Å²) in [6.45, 7) is 2.59. The fourth-order valence-corrected chi connectivity index (χ4v) is 1.89. The van der Waals surface area contributed by atoms with Crippen molar-refractivity contribution >= 4 is 17.5 Å². The first-order valence-electron chi connectivity index (χ1n) is 7.06. The van der Waals surface area contributed by atoms with Crippen molar-refractivity contribution in [1.29, 1.82) is 0 Å². The monoisotopic (exact) mass is 300 g/mol. The number of carbonyl (C=O) groups excluding carboxylic acids is 2. The molecular weight excluding hydrogens is 283 g/mol. The first-order chi connectivity index (χ1) is 10.6. The highest BCUT2D eigenvalue weighted by Gasteiger charge is 2.11. The van der Waals surface area contributed by atoms with Gasteiger partial charge in [0.2, 0.25) is 0 Å². The molecule has 2 aromatic carbocycles. The van der Waals surface area contributed by atoms with Crippen LogP contribution in [0.2, 0.25) is 0 Å². The topological polar surface area (TPSA) is 58.2 Å². The second kappa shape index (κ2) is 7.36. The van der Waals surface area contributed by atoms with Crippen molar-refractivity contribution in [2.75, 3.05) is 11.9 Å². The Labute approximate surface area is 128 Å². The van der Waals surface area contributed by atoms with Crippen LogP contribution in [0.3, 0.4) is 0 Å². The molecule has 114 valence electrons. The Morgan fingerprint density at radius 2 is 1.68 bits per heavy atom. The molecule has 0 atom stereocenters. The van der Waals surface area contributed by atoms with E-state index in [1.165, 1.54) is 18.2 Å². The van der Waals surface area contributed by atoms with E-state index in [0.717, 1.165) is 6.42 Å². The number of carbonyl (C=O) groups is 2. The average Bonchev–Trinajstić information content (AvgIpc) is 2.53. The van der Waals surface area contributed by atoms with Crippen molar-refractivity contribution in [1.82, 2.24) is 5.32 Å². The van der Waals surface area contributed by atoms with Gasteiger partial charge in [-0.05, 0) is 42.8 Å². The number of benzene rings is 2. The average molecular weight is 300 g/mol. The van der Waals surface area contributed by atoms with Gasteiger partial charge in [0.15, 0.2) is 0 Å². The summed E-state index contributed by atoms with van der Waals surface area (Å²) in [6, 6.07) is 12.2. The molecule has 0 bridgehead atoms. The Morgan fingerprint density at radius 3 is 2.32 bits per heavy atom. The molecular formula is C17H17FN2O2. The van der Waals surface area contributed by atoms with Crippen LogP contribution in [0.5, 0.6) is 0 Å². The Kier molecular flexibility index (Phi) is 5.25. The van der Waals surface area contributed by atoms with Gasteiger partial charge < -0.3 is 10.6 Å². The predicted octanol–water partition coefficient (Wildman–Crippen LogP) is 3.22. The minimum absolute atomic E-state index is 0.0211. The van der Waals surface area contributed by atoms with Crippen molar-refractivity contribution in [2.45, 2.75) is 13.3 Å². The second-order valence-electron chi connectivity index (χ2n) is 4.77. The summed E-state index contributed by atoms with van der Waals surface area (Å²) in [5.41, 5.74) is 0.991. The van der Waals surface area contributed by atoms with E-state index in [9.17, 15) is 14.0 Å². The maximum absolute atomic E-state index is 13.5. The van der Waals surface area contributed by atoms with Gasteiger partial charge >= 0.3 is 0 Å². The van der Waals surface area contributed by atoms with E-state index in [0.29, 0.717) is 17.8 Å². The lowest BCUT2D eigenvalue weighted by Gasteiger charge is -2.07. The zero-order valence-electron chi connectivity index (χ0n) is 12.2. The van der Waals surface area contributed by atoms with Gasteiger partial charge in [-0.3, -0.25) is 9.59 Å². The molecule has 0 saturated heterocycles. The number of rotatable bonds is 5. The first-order valence-corrected chi connectivity index (χ1v) is 7.06. The van der Waals surface area contributed by atoms with Gasteiger partial charge in [0.05, 0.1) is 5.56 Å². The molecule has 2 amide bonds. The van der Waals surface area contributed by atoms with Gasteiger partial charge in [0.1, 0.15) is 5.82 Å². The highest BCUT2D eigenvalue weighted by Crippen LogP contribution is 2.13. The van der Waals surface area contributed by atoms with Crippen molar-refractivity contribution < 1.29 is 14.0 Å². The van der Waals surface area contributed by atoms with E-state index in [1.807, 2.05) is 6.92 Å². The summed E-state index contributed by atoms with van der Waals surface area (Å²) >= 11 is 0. The zero-order chi connectivity index (χ0) is 15.9. The molecule has 0 unspecified atom stereocenters. The Morgan fingerprint density at radius 1 is 1.00 bits per heavy atom. The Bertz CT molecular complexity index is 669. The third-order valence-electron chi connectivity index (χ3n) is 3.06. The van der Waals surface area contributed by atoms with Crippen molar-refractivity contribution in [3.05, 3.63) is 65.5 Å². The van der Waals surface area contributed by atoms with Gasteiger partial charge in [0.25, 0.3) is 11.8 Å². The highest BCUT2D eigenvalue weighted by atomic mass is 19.1. The lowest BCUT2D eigenvalue weighted by molar-refractivity contribution is 0.0953. The van der Waals surface area contributed by atoms with Gasteiger partial charge in [-0.25, -0.2) is 4.39 Å². The Hall–Kier alpha value is -2.69. The van der Waals surface area contributed by atoms with Crippen LogP contribution in [0.25, 0.3) is 0 Å². The normalized spacial score (nSPS) is 10.1. The molecule has 2 aromatic rings. The molecule has 0 fully saturated rings. The smallest absolute Gasteiger partial charge is 0.258 e. The molecule has 0 radical (unpaired) electrons. The van der Waals surface area contributed by atoms with Crippen LogP contribution in [-0.4, -0.2) is 18.4 Å². The van der Waals surface area contributed by atoms with E-state index in [1.54, 1.807) is 30.3 Å². The summed E-state index contributed by atoms with van der Waals surface area (Å²) < 4.78 is 13.5. The molecule has 0 heterocycles. The van der Waals surface area contributed by atoms with Crippen LogP contribution < -0.4 is 10.6 Å². The van der Waals surface area contributed by atoms with Gasteiger partial charge in [-0.2, -0.15) is 0 Å². The molecule has 4 nitrogen and oxygen atoms in total. The third kappa shape index (κ3) is 3.91. The lowest BCUT2D eigenvalue weighted by atomic mass is 10.1. The number of halogens is 1. The maximum Gasteiger partial charge on any atom is 0.258 e. The molecule has 0 spiro atoms. The van der Waals surface area contributed by atoms with E-state index in [-0.39, 0.29) is 11.5 Å². The molecule has 0 saturated carbocycles. The fraction of sp³-hybridized carbons (Fsp3) is 0.176. The van der Waals surface area contributed by atoms with E-state index < -0.39 is 11.7 Å². The number of anilines is 1. The summed E-state index contributed by atoms with van der Waals surface area (Å²) in [5.74, 6) is -1.26. The quantitative estimate of drug-likeness (QED) is 0.890. The van der Waals surface area contributed by atoms with Gasteiger partial charge in [-0.15, -0.1) is 0 Å². The van der Waals surface area contributed by atoms with Crippen LogP contribution in [0.1, 0.15) is 34.1 Å². The van der Waals surface area contributed by atoms with E-state index >= 15 is 0 Å². The molecule has 2 rings (SSSR count). The molecule has 0 aliphatic rings. The van der Waals surface area contributed by atoms with Crippen molar-refractivity contribution in [3.63, 3.8) is 0 Å². The maximum atomic E-state index is 13.5. The summed E-state index contributed by atoms with van der Waals surface area (Å²) in [6.07, 6.45) is 0.864. The van der Waals surface area contributed by atoms with Crippen molar-refractivity contribution in [3.8, 4) is 0 Å². The predicted molar refractivity (Wildman–Crippen MR) is 83.4 cm³/mol. The molecule has 22 heavy (non-hydrogen) atoms. The number of nitrogens with one attached hydrogen (secondary N) is 2. The number of hydrogen-bond acceptors (Lipinski definition) is 2. The molecule has 5 heteroatoms. The second-order valence-corrected chi connectivity index (χ2v) is 4.77. The van der Waals surface area contributed by atoms with Crippen LogP contribution in [0, 0.1) is 5.82 Å². The van der Waals surface area contributed by atoms with Crippen LogP contribution in [0.4, 0.5) is 10.1 Å². The number of hydrogen-bond donors (Lipinski definition) is 2. The summed E-state index contributed by atoms with van der Waals surface area (Å²) in [4.78, 5) is 23.7. The van der Waals surface area contributed by atoms with Crippen LogP contribution in [-0.2, 0) is 0 Å². The molecule has 0 aromatic heterocycles.